The number of hydrogen-bond donors (Lipinski definition) is 1. The average Bonchev–Trinajstić information content (AvgIpc) is 2.52. The third kappa shape index (κ3) is 2.76. The van der Waals surface area contributed by atoms with Crippen LogP contribution in [0.3, 0.4) is 0 Å². The van der Waals surface area contributed by atoms with Crippen molar-refractivity contribution in [3.63, 3.8) is 0 Å². The Labute approximate surface area is 88.5 Å². The number of aliphatic carboxylic acids is 1. The minimum atomic E-state index is -0.804. The molecule has 0 aromatic carbocycles. The lowest BCUT2D eigenvalue weighted by atomic mass is 10.2. The molecule has 1 unspecified atom stereocenters. The Kier molecular flexibility index (Phi) is 3.79. The van der Waals surface area contributed by atoms with E-state index in [1.54, 1.807) is 22.8 Å². The van der Waals surface area contributed by atoms with Gasteiger partial charge in [0.05, 0.1) is 6.54 Å². The summed E-state index contributed by atoms with van der Waals surface area (Å²) in [7, 11) is 3.61. The van der Waals surface area contributed by atoms with E-state index < -0.39 is 12.0 Å². The van der Waals surface area contributed by atoms with Crippen LogP contribution in [0.2, 0.25) is 0 Å². The van der Waals surface area contributed by atoms with Crippen molar-refractivity contribution in [2.45, 2.75) is 25.9 Å². The first-order chi connectivity index (χ1) is 7.06. The van der Waals surface area contributed by atoms with E-state index in [4.69, 9.17) is 5.11 Å². The Balaban J connectivity index is 2.66. The van der Waals surface area contributed by atoms with E-state index >= 15 is 0 Å². The first kappa shape index (κ1) is 11.6. The van der Waals surface area contributed by atoms with Crippen LogP contribution in [0.15, 0.2) is 6.33 Å². The zero-order valence-corrected chi connectivity index (χ0v) is 9.21. The van der Waals surface area contributed by atoms with E-state index in [9.17, 15) is 4.79 Å². The summed E-state index contributed by atoms with van der Waals surface area (Å²) in [5.41, 5.74) is 0. The Morgan fingerprint density at radius 3 is 2.80 bits per heavy atom. The second kappa shape index (κ2) is 4.88. The van der Waals surface area contributed by atoms with Crippen LogP contribution in [-0.4, -0.2) is 43.8 Å². The summed E-state index contributed by atoms with van der Waals surface area (Å²) >= 11 is 0. The van der Waals surface area contributed by atoms with Crippen molar-refractivity contribution >= 4 is 5.97 Å². The summed E-state index contributed by atoms with van der Waals surface area (Å²) < 4.78 is 1.78. The molecule has 1 heterocycles. The van der Waals surface area contributed by atoms with Gasteiger partial charge in [-0.25, -0.2) is 0 Å². The molecule has 1 N–H and O–H groups in total. The molecule has 0 aliphatic carbocycles. The summed E-state index contributed by atoms with van der Waals surface area (Å²) in [6.07, 6.45) is 2.18. The fourth-order valence-electron chi connectivity index (χ4n) is 1.46. The molecular formula is C9H16N4O2. The van der Waals surface area contributed by atoms with Crippen LogP contribution >= 0.6 is 0 Å². The molecule has 1 aromatic rings. The van der Waals surface area contributed by atoms with Gasteiger partial charge >= 0.3 is 5.97 Å². The largest absolute Gasteiger partial charge is 0.480 e. The van der Waals surface area contributed by atoms with Crippen molar-refractivity contribution in [3.05, 3.63) is 12.2 Å². The summed E-state index contributed by atoms with van der Waals surface area (Å²) in [4.78, 5) is 12.7. The average molecular weight is 212 g/mol. The van der Waals surface area contributed by atoms with Gasteiger partial charge < -0.3 is 9.67 Å². The van der Waals surface area contributed by atoms with Gasteiger partial charge in [0, 0.05) is 7.05 Å². The van der Waals surface area contributed by atoms with E-state index in [-0.39, 0.29) is 0 Å². The molecule has 0 spiro atoms. The summed E-state index contributed by atoms with van der Waals surface area (Å²) in [5.74, 6) is -0.0423. The van der Waals surface area contributed by atoms with Gasteiger partial charge in [0.1, 0.15) is 18.2 Å². The first-order valence-corrected chi connectivity index (χ1v) is 4.82. The van der Waals surface area contributed by atoms with Crippen LogP contribution in [-0.2, 0) is 18.4 Å². The number of nitrogens with zero attached hydrogens (tertiary/aromatic N) is 4. The maximum absolute atomic E-state index is 10.9. The molecular weight excluding hydrogens is 196 g/mol. The Bertz CT molecular complexity index is 337. The van der Waals surface area contributed by atoms with Gasteiger partial charge in [-0.2, -0.15) is 0 Å². The summed E-state index contributed by atoms with van der Waals surface area (Å²) in [6, 6.07) is -0.471. The number of aromatic nitrogens is 3. The minimum absolute atomic E-state index is 0.471. The minimum Gasteiger partial charge on any atom is -0.480 e. The van der Waals surface area contributed by atoms with Crippen LogP contribution in [0, 0.1) is 0 Å². The van der Waals surface area contributed by atoms with Gasteiger partial charge in [-0.05, 0) is 13.5 Å². The van der Waals surface area contributed by atoms with Gasteiger partial charge in [0.15, 0.2) is 0 Å². The van der Waals surface area contributed by atoms with E-state index in [0.717, 1.165) is 5.82 Å². The van der Waals surface area contributed by atoms with Crippen molar-refractivity contribution in [2.24, 2.45) is 7.05 Å². The van der Waals surface area contributed by atoms with Crippen molar-refractivity contribution in [2.75, 3.05) is 7.05 Å². The van der Waals surface area contributed by atoms with Crippen LogP contribution in [0.4, 0.5) is 0 Å². The van der Waals surface area contributed by atoms with Crippen molar-refractivity contribution in [3.8, 4) is 0 Å². The SMILES string of the molecule is CCC(C(=O)O)N(C)Cc1nncn1C. The molecule has 0 bridgehead atoms. The van der Waals surface area contributed by atoms with Gasteiger partial charge in [0.25, 0.3) is 0 Å². The molecule has 0 aliphatic heterocycles. The zero-order valence-electron chi connectivity index (χ0n) is 9.21. The number of carbonyl (C=O) groups is 1. The van der Waals surface area contributed by atoms with Crippen LogP contribution < -0.4 is 0 Å². The highest BCUT2D eigenvalue weighted by atomic mass is 16.4. The lowest BCUT2D eigenvalue weighted by molar-refractivity contribution is -0.143. The van der Waals surface area contributed by atoms with E-state index in [1.807, 2.05) is 14.0 Å². The molecule has 0 saturated heterocycles. The van der Waals surface area contributed by atoms with Crippen molar-refractivity contribution < 1.29 is 9.90 Å². The van der Waals surface area contributed by atoms with Gasteiger partial charge in [-0.3, -0.25) is 9.69 Å². The predicted octanol–water partition coefficient (Wildman–Crippen LogP) is 0.110. The Morgan fingerprint density at radius 1 is 1.73 bits per heavy atom. The highest BCUT2D eigenvalue weighted by Gasteiger charge is 2.21. The van der Waals surface area contributed by atoms with E-state index in [2.05, 4.69) is 10.2 Å². The van der Waals surface area contributed by atoms with Crippen LogP contribution in [0.25, 0.3) is 0 Å². The molecule has 0 fully saturated rings. The maximum atomic E-state index is 10.9. The number of likely N-dealkylation sites (N-methyl/N-ethyl adjacent to an activating group) is 1. The maximum Gasteiger partial charge on any atom is 0.320 e. The Hall–Kier alpha value is -1.43. The van der Waals surface area contributed by atoms with E-state index in [1.165, 1.54) is 0 Å². The number of carboxylic acid groups (broad SMARTS) is 1. The van der Waals surface area contributed by atoms with Gasteiger partial charge in [-0.15, -0.1) is 10.2 Å². The molecule has 15 heavy (non-hydrogen) atoms. The van der Waals surface area contributed by atoms with Crippen molar-refractivity contribution in [1.29, 1.82) is 0 Å². The lowest BCUT2D eigenvalue weighted by Gasteiger charge is -2.22. The van der Waals surface area contributed by atoms with Crippen molar-refractivity contribution in [1.82, 2.24) is 19.7 Å². The van der Waals surface area contributed by atoms with E-state index in [0.29, 0.717) is 13.0 Å². The Morgan fingerprint density at radius 2 is 2.40 bits per heavy atom. The summed E-state index contributed by atoms with van der Waals surface area (Å²) in [6.45, 7) is 2.34. The molecule has 0 saturated carbocycles. The van der Waals surface area contributed by atoms with Crippen LogP contribution in [0.1, 0.15) is 19.2 Å². The lowest BCUT2D eigenvalue weighted by Crippen LogP contribution is -2.37. The smallest absolute Gasteiger partial charge is 0.320 e. The van der Waals surface area contributed by atoms with Gasteiger partial charge in [0.2, 0.25) is 0 Å². The molecule has 1 atom stereocenters. The molecule has 0 aliphatic rings. The summed E-state index contributed by atoms with van der Waals surface area (Å²) in [5, 5.41) is 16.6. The highest BCUT2D eigenvalue weighted by molar-refractivity contribution is 5.73. The fraction of sp³-hybridized carbons (Fsp3) is 0.667. The third-order valence-electron chi connectivity index (χ3n) is 2.40. The topological polar surface area (TPSA) is 71.2 Å². The molecule has 6 nitrogen and oxygen atoms in total. The number of aryl methyl sites for hydroxylation is 1. The molecule has 0 amide bonds. The second-order valence-electron chi connectivity index (χ2n) is 3.54. The van der Waals surface area contributed by atoms with Crippen LogP contribution in [0.5, 0.6) is 0 Å². The molecule has 1 rings (SSSR count). The number of carboxylic acids is 1. The quantitative estimate of drug-likeness (QED) is 0.750. The molecule has 1 aromatic heterocycles. The normalized spacial score (nSPS) is 13.1. The predicted molar refractivity (Wildman–Crippen MR) is 54.2 cm³/mol. The zero-order chi connectivity index (χ0) is 11.4. The molecule has 0 radical (unpaired) electrons. The second-order valence-corrected chi connectivity index (χ2v) is 3.54. The fourth-order valence-corrected chi connectivity index (χ4v) is 1.46. The standard InChI is InChI=1S/C9H16N4O2/c1-4-7(9(14)15)12(2)5-8-11-10-6-13(8)3/h6-7H,4-5H2,1-3H3,(H,14,15). The van der Waals surface area contributed by atoms with Gasteiger partial charge in [-0.1, -0.05) is 6.92 Å². The highest BCUT2D eigenvalue weighted by Crippen LogP contribution is 2.06. The number of hydrogen-bond acceptors (Lipinski definition) is 4. The first-order valence-electron chi connectivity index (χ1n) is 4.82. The molecule has 84 valence electrons. The molecule has 6 heteroatoms. The third-order valence-corrected chi connectivity index (χ3v) is 2.40. The monoisotopic (exact) mass is 212 g/mol. The number of rotatable bonds is 5.